The van der Waals surface area contributed by atoms with Crippen molar-refractivity contribution in [2.45, 2.75) is 6.61 Å². The van der Waals surface area contributed by atoms with Crippen molar-refractivity contribution >= 4 is 34.8 Å². The molecule has 4 rings (SSSR count). The van der Waals surface area contributed by atoms with Crippen LogP contribution in [0.1, 0.15) is 21.5 Å². The molecule has 3 aromatic carbocycles. The van der Waals surface area contributed by atoms with Crippen LogP contribution in [-0.4, -0.2) is 17.0 Å². The van der Waals surface area contributed by atoms with Crippen LogP contribution in [0.3, 0.4) is 0 Å². The fraction of sp³-hybridized carbons (Fsp3) is 0.0417. The SMILES string of the molecule is O=C1NC(=NC(=O)c2ccccc2)S/C1=C\c1ccccc1OCc1ccc(F)cc1. The predicted molar refractivity (Wildman–Crippen MR) is 119 cm³/mol. The third-order valence-corrected chi connectivity index (χ3v) is 5.30. The number of amidine groups is 1. The molecule has 0 saturated carbocycles. The Kier molecular flexibility index (Phi) is 6.24. The predicted octanol–water partition coefficient (Wildman–Crippen LogP) is 4.81. The van der Waals surface area contributed by atoms with Crippen molar-refractivity contribution in [2.75, 3.05) is 0 Å². The van der Waals surface area contributed by atoms with Crippen molar-refractivity contribution < 1.29 is 18.7 Å². The molecule has 0 unspecified atom stereocenters. The minimum absolute atomic E-state index is 0.231. The smallest absolute Gasteiger partial charge is 0.279 e. The molecule has 1 aliphatic rings. The lowest BCUT2D eigenvalue weighted by Crippen LogP contribution is -2.20. The topological polar surface area (TPSA) is 67.8 Å². The fourth-order valence-electron chi connectivity index (χ4n) is 2.83. The summed E-state index contributed by atoms with van der Waals surface area (Å²) < 4.78 is 18.9. The summed E-state index contributed by atoms with van der Waals surface area (Å²) in [5.41, 5.74) is 1.98. The van der Waals surface area contributed by atoms with Crippen LogP contribution in [0.4, 0.5) is 4.39 Å². The number of aliphatic imine (C=N–C) groups is 1. The molecule has 0 aromatic heterocycles. The van der Waals surface area contributed by atoms with Gasteiger partial charge in [-0.05, 0) is 53.7 Å². The van der Waals surface area contributed by atoms with Crippen LogP contribution >= 0.6 is 11.8 Å². The molecule has 31 heavy (non-hydrogen) atoms. The van der Waals surface area contributed by atoms with Crippen molar-refractivity contribution in [3.05, 3.63) is 106 Å². The number of hydrogen-bond donors (Lipinski definition) is 1. The first-order valence-electron chi connectivity index (χ1n) is 9.44. The van der Waals surface area contributed by atoms with Crippen molar-refractivity contribution in [1.82, 2.24) is 5.32 Å². The number of carbonyl (C=O) groups is 2. The van der Waals surface area contributed by atoms with Gasteiger partial charge in [-0.25, -0.2) is 4.39 Å². The number of carbonyl (C=O) groups excluding carboxylic acids is 2. The number of halogens is 1. The molecule has 0 radical (unpaired) electrons. The molecule has 1 saturated heterocycles. The molecule has 7 heteroatoms. The zero-order valence-electron chi connectivity index (χ0n) is 16.2. The maximum Gasteiger partial charge on any atom is 0.279 e. The van der Waals surface area contributed by atoms with Crippen molar-refractivity contribution in [1.29, 1.82) is 0 Å². The average Bonchev–Trinajstić information content (AvgIpc) is 3.13. The first kappa shape index (κ1) is 20.6. The van der Waals surface area contributed by atoms with E-state index in [9.17, 15) is 14.0 Å². The summed E-state index contributed by atoms with van der Waals surface area (Å²) in [6.45, 7) is 0.262. The summed E-state index contributed by atoms with van der Waals surface area (Å²) in [5, 5.41) is 2.85. The molecule has 0 spiro atoms. The second-order valence-electron chi connectivity index (χ2n) is 6.61. The Labute approximate surface area is 182 Å². The number of benzene rings is 3. The summed E-state index contributed by atoms with van der Waals surface area (Å²) in [7, 11) is 0. The van der Waals surface area contributed by atoms with Gasteiger partial charge in [0, 0.05) is 11.1 Å². The van der Waals surface area contributed by atoms with Gasteiger partial charge in [0.25, 0.3) is 11.8 Å². The Hall–Kier alpha value is -3.71. The molecule has 0 aliphatic carbocycles. The third-order valence-electron chi connectivity index (χ3n) is 4.39. The summed E-state index contributed by atoms with van der Waals surface area (Å²) in [4.78, 5) is 29.0. The largest absolute Gasteiger partial charge is 0.488 e. The summed E-state index contributed by atoms with van der Waals surface area (Å²) in [5.74, 6) is -0.481. The summed E-state index contributed by atoms with van der Waals surface area (Å²) in [6.07, 6.45) is 1.69. The van der Waals surface area contributed by atoms with Gasteiger partial charge in [-0.2, -0.15) is 4.99 Å². The molecule has 1 aliphatic heterocycles. The molecular weight excluding hydrogens is 415 g/mol. The highest BCUT2D eigenvalue weighted by Gasteiger charge is 2.25. The van der Waals surface area contributed by atoms with Crippen LogP contribution in [0, 0.1) is 5.82 Å². The van der Waals surface area contributed by atoms with Crippen molar-refractivity contribution in [3.63, 3.8) is 0 Å². The quantitative estimate of drug-likeness (QED) is 0.588. The molecule has 5 nitrogen and oxygen atoms in total. The number of amides is 2. The first-order valence-corrected chi connectivity index (χ1v) is 10.3. The van der Waals surface area contributed by atoms with Gasteiger partial charge in [0.2, 0.25) is 0 Å². The van der Waals surface area contributed by atoms with Gasteiger partial charge in [0.05, 0.1) is 4.91 Å². The maximum absolute atomic E-state index is 13.1. The minimum Gasteiger partial charge on any atom is -0.488 e. The Morgan fingerprint density at radius 2 is 1.71 bits per heavy atom. The highest BCUT2D eigenvalue weighted by Crippen LogP contribution is 2.30. The standard InChI is InChI=1S/C24H17FN2O3S/c25-19-12-10-16(11-13-19)15-30-20-9-5-4-8-18(20)14-21-23(29)27-24(31-21)26-22(28)17-6-2-1-3-7-17/h1-14H,15H2,(H,26,27,28,29)/b21-14-. The van der Waals surface area contributed by atoms with Crippen LogP contribution in [0.2, 0.25) is 0 Å². The molecule has 2 amide bonds. The monoisotopic (exact) mass is 432 g/mol. The van der Waals surface area contributed by atoms with E-state index in [0.29, 0.717) is 21.8 Å². The Morgan fingerprint density at radius 3 is 2.48 bits per heavy atom. The fourth-order valence-corrected chi connectivity index (χ4v) is 3.64. The zero-order chi connectivity index (χ0) is 21.6. The highest BCUT2D eigenvalue weighted by molar-refractivity contribution is 8.18. The number of rotatable bonds is 5. The van der Waals surface area contributed by atoms with E-state index in [1.807, 2.05) is 24.3 Å². The second-order valence-corrected chi connectivity index (χ2v) is 7.64. The number of hydrogen-bond acceptors (Lipinski definition) is 4. The van der Waals surface area contributed by atoms with Crippen molar-refractivity contribution in [2.24, 2.45) is 4.99 Å². The van der Waals surface area contributed by atoms with E-state index in [1.54, 1.807) is 48.5 Å². The molecule has 1 heterocycles. The van der Waals surface area contributed by atoms with Crippen LogP contribution in [0.5, 0.6) is 5.75 Å². The van der Waals surface area contributed by atoms with E-state index in [1.165, 1.54) is 12.1 Å². The van der Waals surface area contributed by atoms with E-state index in [0.717, 1.165) is 17.3 Å². The Balaban J connectivity index is 1.49. The average molecular weight is 432 g/mol. The van der Waals surface area contributed by atoms with E-state index >= 15 is 0 Å². The Bertz CT molecular complexity index is 1170. The molecule has 1 N–H and O–H groups in total. The van der Waals surface area contributed by atoms with E-state index in [2.05, 4.69) is 10.3 Å². The molecule has 0 bridgehead atoms. The van der Waals surface area contributed by atoms with Gasteiger partial charge in [0.1, 0.15) is 18.2 Å². The number of ether oxygens (including phenoxy) is 1. The van der Waals surface area contributed by atoms with Gasteiger partial charge in [0.15, 0.2) is 5.17 Å². The zero-order valence-corrected chi connectivity index (χ0v) is 17.1. The lowest BCUT2D eigenvalue weighted by molar-refractivity contribution is -0.115. The second kappa shape index (κ2) is 9.40. The summed E-state index contributed by atoms with van der Waals surface area (Å²) >= 11 is 1.09. The molecular formula is C24H17FN2O3S. The maximum atomic E-state index is 13.1. The highest BCUT2D eigenvalue weighted by atomic mass is 32.2. The number of thioether (sulfide) groups is 1. The Morgan fingerprint density at radius 1 is 1.00 bits per heavy atom. The van der Waals surface area contributed by atoms with Crippen LogP contribution in [0.25, 0.3) is 6.08 Å². The third kappa shape index (κ3) is 5.26. The van der Waals surface area contributed by atoms with Gasteiger partial charge >= 0.3 is 0 Å². The number of nitrogens with one attached hydrogen (secondary N) is 1. The lowest BCUT2D eigenvalue weighted by atomic mass is 10.2. The minimum atomic E-state index is -0.423. The van der Waals surface area contributed by atoms with Gasteiger partial charge in [-0.15, -0.1) is 0 Å². The lowest BCUT2D eigenvalue weighted by Gasteiger charge is -2.09. The van der Waals surface area contributed by atoms with E-state index in [-0.39, 0.29) is 23.5 Å². The van der Waals surface area contributed by atoms with Crippen LogP contribution in [0.15, 0.2) is 88.8 Å². The normalized spacial score (nSPS) is 15.8. The van der Waals surface area contributed by atoms with Crippen LogP contribution in [-0.2, 0) is 11.4 Å². The number of nitrogens with zero attached hydrogens (tertiary/aromatic N) is 1. The molecule has 0 atom stereocenters. The first-order chi connectivity index (χ1) is 15.1. The molecule has 1 fully saturated rings. The molecule has 154 valence electrons. The summed E-state index contributed by atoms with van der Waals surface area (Å²) in [6, 6.07) is 22.0. The van der Waals surface area contributed by atoms with Gasteiger partial charge in [-0.1, -0.05) is 48.5 Å². The van der Waals surface area contributed by atoms with Crippen LogP contribution < -0.4 is 10.1 Å². The van der Waals surface area contributed by atoms with Gasteiger partial charge in [-0.3, -0.25) is 9.59 Å². The number of para-hydroxylation sites is 1. The van der Waals surface area contributed by atoms with Gasteiger partial charge < -0.3 is 10.1 Å². The van der Waals surface area contributed by atoms with E-state index < -0.39 is 5.91 Å². The van der Waals surface area contributed by atoms with E-state index in [4.69, 9.17) is 4.74 Å². The van der Waals surface area contributed by atoms with Crippen molar-refractivity contribution in [3.8, 4) is 5.75 Å². The molecule has 3 aromatic rings.